The number of piperazine rings is 1. The highest BCUT2D eigenvalue weighted by Crippen LogP contribution is 2.33. The van der Waals surface area contributed by atoms with Gasteiger partial charge in [0.15, 0.2) is 0 Å². The maximum absolute atomic E-state index is 12.9. The quantitative estimate of drug-likeness (QED) is 0.610. The summed E-state index contributed by atoms with van der Waals surface area (Å²) in [6.45, 7) is 6.69. The zero-order valence-corrected chi connectivity index (χ0v) is 18.0. The highest BCUT2D eigenvalue weighted by molar-refractivity contribution is 7.18. The summed E-state index contributed by atoms with van der Waals surface area (Å²) in [5.74, 6) is 1.24. The van der Waals surface area contributed by atoms with E-state index in [9.17, 15) is 4.79 Å². The zero-order valence-electron chi connectivity index (χ0n) is 17.2. The van der Waals surface area contributed by atoms with Gasteiger partial charge in [-0.15, -0.1) is 11.3 Å². The lowest BCUT2D eigenvalue weighted by atomic mass is 10.0. The highest BCUT2D eigenvalue weighted by Gasteiger charge is 2.31. The summed E-state index contributed by atoms with van der Waals surface area (Å²) in [5, 5.41) is 1.15. The number of rotatable bonds is 6. The monoisotopic (exact) mass is 408 g/mol. The zero-order chi connectivity index (χ0) is 20.2. The molecule has 0 spiro atoms. The summed E-state index contributed by atoms with van der Waals surface area (Å²) in [7, 11) is 0. The van der Waals surface area contributed by atoms with Crippen molar-refractivity contribution in [2.75, 3.05) is 24.5 Å². The number of amides is 1. The topological polar surface area (TPSA) is 49.3 Å². The smallest absolute Gasteiger partial charge is 0.227 e. The molecule has 1 aliphatic heterocycles. The molecule has 1 saturated heterocycles. The van der Waals surface area contributed by atoms with Gasteiger partial charge in [0, 0.05) is 30.6 Å². The average molecular weight is 409 g/mol. The molecule has 3 heterocycles. The van der Waals surface area contributed by atoms with Crippen molar-refractivity contribution < 1.29 is 4.79 Å². The van der Waals surface area contributed by atoms with Crippen molar-refractivity contribution in [3.05, 3.63) is 53.2 Å². The third kappa shape index (κ3) is 4.27. The first kappa shape index (κ1) is 19.8. The van der Waals surface area contributed by atoms with E-state index in [1.807, 2.05) is 35.2 Å². The Balaban J connectivity index is 1.54. The van der Waals surface area contributed by atoms with Gasteiger partial charge in [-0.05, 0) is 24.5 Å². The second kappa shape index (κ2) is 8.91. The molecule has 2 aromatic heterocycles. The van der Waals surface area contributed by atoms with Crippen LogP contribution in [0.5, 0.6) is 0 Å². The summed E-state index contributed by atoms with van der Waals surface area (Å²) in [4.78, 5) is 28.9. The molecule has 1 aliphatic rings. The molecule has 0 saturated carbocycles. The Labute approximate surface area is 176 Å². The second-order valence-corrected chi connectivity index (χ2v) is 8.74. The molecule has 0 bridgehead atoms. The van der Waals surface area contributed by atoms with Crippen molar-refractivity contribution in [3.63, 3.8) is 0 Å². The Morgan fingerprint density at radius 2 is 2.00 bits per heavy atom. The van der Waals surface area contributed by atoms with Crippen LogP contribution in [0.1, 0.15) is 37.1 Å². The van der Waals surface area contributed by atoms with Crippen molar-refractivity contribution in [1.29, 1.82) is 0 Å². The lowest BCUT2D eigenvalue weighted by Crippen LogP contribution is -2.55. The van der Waals surface area contributed by atoms with Crippen LogP contribution in [-0.4, -0.2) is 46.5 Å². The summed E-state index contributed by atoms with van der Waals surface area (Å²) >= 11 is 1.75. The van der Waals surface area contributed by atoms with Crippen LogP contribution < -0.4 is 4.90 Å². The van der Waals surface area contributed by atoms with Crippen molar-refractivity contribution in [2.24, 2.45) is 0 Å². The molecular formula is C23H28N4OS. The largest absolute Gasteiger partial charge is 0.349 e. The number of nitrogens with zero attached hydrogens (tertiary/aromatic N) is 4. The molecule has 3 aromatic rings. The predicted molar refractivity (Wildman–Crippen MR) is 120 cm³/mol. The molecule has 4 rings (SSSR count). The first-order chi connectivity index (χ1) is 14.2. The summed E-state index contributed by atoms with van der Waals surface area (Å²) in [6, 6.07) is 12.6. The third-order valence-electron chi connectivity index (χ3n) is 5.64. The van der Waals surface area contributed by atoms with Gasteiger partial charge in [0.2, 0.25) is 5.91 Å². The van der Waals surface area contributed by atoms with Gasteiger partial charge >= 0.3 is 0 Å². The molecular weight excluding hydrogens is 380 g/mol. The number of carbonyl (C=O) groups is 1. The molecule has 29 heavy (non-hydrogen) atoms. The Morgan fingerprint density at radius 3 is 2.76 bits per heavy atom. The van der Waals surface area contributed by atoms with Crippen LogP contribution in [0, 0.1) is 0 Å². The first-order valence-electron chi connectivity index (χ1n) is 10.5. The maximum Gasteiger partial charge on any atom is 0.227 e. The minimum absolute atomic E-state index is 0.216. The summed E-state index contributed by atoms with van der Waals surface area (Å²) in [5.41, 5.74) is 1.08. The van der Waals surface area contributed by atoms with Crippen molar-refractivity contribution in [2.45, 2.75) is 45.6 Å². The number of aryl methyl sites for hydroxylation is 1. The number of thiophene rings is 1. The van der Waals surface area contributed by atoms with Crippen LogP contribution in [0.4, 0.5) is 5.82 Å². The summed E-state index contributed by atoms with van der Waals surface area (Å²) < 4.78 is 0. The van der Waals surface area contributed by atoms with Crippen LogP contribution >= 0.6 is 11.3 Å². The molecule has 0 radical (unpaired) electrons. The average Bonchev–Trinajstić information content (AvgIpc) is 3.18. The molecule has 152 valence electrons. The molecule has 0 aliphatic carbocycles. The van der Waals surface area contributed by atoms with Gasteiger partial charge in [0.1, 0.15) is 17.0 Å². The van der Waals surface area contributed by atoms with E-state index in [1.165, 1.54) is 4.88 Å². The minimum Gasteiger partial charge on any atom is -0.349 e. The molecule has 0 N–H and O–H groups in total. The second-order valence-electron chi connectivity index (χ2n) is 7.62. The van der Waals surface area contributed by atoms with E-state index in [0.717, 1.165) is 60.5 Å². The van der Waals surface area contributed by atoms with E-state index in [2.05, 4.69) is 34.8 Å². The van der Waals surface area contributed by atoms with Crippen LogP contribution in [0.2, 0.25) is 0 Å². The van der Waals surface area contributed by atoms with E-state index in [1.54, 1.807) is 17.7 Å². The summed E-state index contributed by atoms with van der Waals surface area (Å²) in [6.07, 6.45) is 5.30. The van der Waals surface area contributed by atoms with Gasteiger partial charge in [-0.3, -0.25) is 4.79 Å². The van der Waals surface area contributed by atoms with Crippen LogP contribution in [-0.2, 0) is 17.6 Å². The maximum atomic E-state index is 12.9. The molecule has 5 nitrogen and oxygen atoms in total. The number of anilines is 1. The molecule has 1 atom stereocenters. The van der Waals surface area contributed by atoms with E-state index in [4.69, 9.17) is 0 Å². The van der Waals surface area contributed by atoms with Crippen molar-refractivity contribution >= 4 is 33.3 Å². The number of carbonyl (C=O) groups excluding carboxylic acids is 1. The van der Waals surface area contributed by atoms with Gasteiger partial charge in [-0.1, -0.05) is 50.6 Å². The van der Waals surface area contributed by atoms with Gasteiger partial charge in [0.25, 0.3) is 0 Å². The van der Waals surface area contributed by atoms with Crippen molar-refractivity contribution in [3.8, 4) is 0 Å². The van der Waals surface area contributed by atoms with Crippen LogP contribution in [0.3, 0.4) is 0 Å². The first-order valence-corrected chi connectivity index (χ1v) is 11.3. The van der Waals surface area contributed by atoms with Gasteiger partial charge in [-0.25, -0.2) is 9.97 Å². The predicted octanol–water partition coefficient (Wildman–Crippen LogP) is 4.31. The Kier molecular flexibility index (Phi) is 6.09. The van der Waals surface area contributed by atoms with Gasteiger partial charge < -0.3 is 9.80 Å². The Bertz CT molecular complexity index is 971. The number of hydrogen-bond donors (Lipinski definition) is 0. The minimum atomic E-state index is 0.216. The van der Waals surface area contributed by atoms with Gasteiger partial charge in [0.05, 0.1) is 11.8 Å². The molecule has 1 aromatic carbocycles. The standard InChI is InChI=1S/C23H28N4OS/c1-3-8-18-15-26(21(28)13-17-9-6-5-7-10-17)11-12-27(18)22-20-14-19(4-2)29-23(20)25-16-24-22/h5-7,9-10,14,16,18H,3-4,8,11-13,15H2,1-2H3. The molecule has 6 heteroatoms. The van der Waals surface area contributed by atoms with E-state index in [-0.39, 0.29) is 11.9 Å². The number of aromatic nitrogens is 2. The van der Waals surface area contributed by atoms with E-state index < -0.39 is 0 Å². The SMILES string of the molecule is CCCC1CN(C(=O)Cc2ccccc2)CCN1c1ncnc2sc(CC)cc12. The number of benzene rings is 1. The van der Waals surface area contributed by atoms with Gasteiger partial charge in [-0.2, -0.15) is 0 Å². The van der Waals surface area contributed by atoms with E-state index in [0.29, 0.717) is 6.42 Å². The lowest BCUT2D eigenvalue weighted by molar-refractivity contribution is -0.131. The molecule has 1 unspecified atom stereocenters. The fraction of sp³-hybridized carbons (Fsp3) is 0.435. The van der Waals surface area contributed by atoms with Crippen LogP contribution in [0.25, 0.3) is 10.2 Å². The Morgan fingerprint density at radius 1 is 1.17 bits per heavy atom. The fourth-order valence-electron chi connectivity index (χ4n) is 4.12. The molecule has 1 amide bonds. The van der Waals surface area contributed by atoms with E-state index >= 15 is 0 Å². The fourth-order valence-corrected chi connectivity index (χ4v) is 5.05. The normalized spacial score (nSPS) is 17.1. The Hall–Kier alpha value is -2.47. The third-order valence-corrected chi connectivity index (χ3v) is 6.82. The van der Waals surface area contributed by atoms with Crippen molar-refractivity contribution in [1.82, 2.24) is 14.9 Å². The van der Waals surface area contributed by atoms with Crippen LogP contribution in [0.15, 0.2) is 42.7 Å². The highest BCUT2D eigenvalue weighted by atomic mass is 32.1. The lowest BCUT2D eigenvalue weighted by Gasteiger charge is -2.42. The number of hydrogen-bond acceptors (Lipinski definition) is 5. The number of fused-ring (bicyclic) bond motifs is 1. The molecule has 1 fully saturated rings.